The fraction of sp³-hybridized carbons (Fsp3) is 0.136. The summed E-state index contributed by atoms with van der Waals surface area (Å²) in [5.41, 5.74) is -0.147. The van der Waals surface area contributed by atoms with Crippen molar-refractivity contribution in [3.8, 4) is 17.2 Å². The number of aromatic hydroxyl groups is 1. The standard InChI is InChI=1S/C15H12F3NO5.C7H6O2/c1-9-12(24-15(16,17)18)7-11(19(21)22)14(13(9)20)23-8-10-5-3-2-4-6-10;8-7(9)6-4-2-1-3-5-6/h2-7,20H,8H2,1H3;1-5H,(H,8,9). The highest BCUT2D eigenvalue weighted by atomic mass is 19.4. The number of alkyl halides is 3. The van der Waals surface area contributed by atoms with Crippen molar-refractivity contribution in [3.63, 3.8) is 0 Å². The molecule has 0 heterocycles. The number of nitro benzene ring substituents is 1. The van der Waals surface area contributed by atoms with Gasteiger partial charge in [-0.15, -0.1) is 13.2 Å². The number of halogens is 3. The number of aromatic carboxylic acids is 1. The van der Waals surface area contributed by atoms with Gasteiger partial charge >= 0.3 is 18.0 Å². The number of nitro groups is 1. The van der Waals surface area contributed by atoms with E-state index in [1.165, 1.54) is 0 Å². The van der Waals surface area contributed by atoms with Gasteiger partial charge in [0.2, 0.25) is 5.75 Å². The first kappa shape index (κ1) is 25.0. The molecular formula is C22H18F3NO7. The van der Waals surface area contributed by atoms with Gasteiger partial charge in [0.1, 0.15) is 12.4 Å². The maximum atomic E-state index is 12.4. The Balaban J connectivity index is 0.000000357. The van der Waals surface area contributed by atoms with Gasteiger partial charge in [0, 0.05) is 5.56 Å². The lowest BCUT2D eigenvalue weighted by atomic mass is 10.1. The van der Waals surface area contributed by atoms with Crippen LogP contribution in [-0.2, 0) is 6.61 Å². The molecule has 0 aliphatic rings. The molecule has 11 heteroatoms. The van der Waals surface area contributed by atoms with Crippen LogP contribution < -0.4 is 9.47 Å². The number of carboxylic acid groups (broad SMARTS) is 1. The summed E-state index contributed by atoms with van der Waals surface area (Å²) < 4.78 is 46.0. The van der Waals surface area contributed by atoms with Gasteiger partial charge in [0.25, 0.3) is 0 Å². The lowest BCUT2D eigenvalue weighted by Gasteiger charge is -2.15. The number of carbonyl (C=O) groups is 1. The molecule has 0 fully saturated rings. The molecule has 0 atom stereocenters. The number of nitrogens with zero attached hydrogens (tertiary/aromatic N) is 1. The predicted octanol–water partition coefficient (Wildman–Crippen LogP) is 5.47. The number of carboxylic acids is 1. The fourth-order valence-corrected chi connectivity index (χ4v) is 2.53. The molecule has 3 rings (SSSR count). The molecule has 0 bridgehead atoms. The van der Waals surface area contributed by atoms with Crippen LogP contribution in [0.1, 0.15) is 21.5 Å². The summed E-state index contributed by atoms with van der Waals surface area (Å²) in [6, 6.07) is 17.5. The van der Waals surface area contributed by atoms with Crippen molar-refractivity contribution in [1.29, 1.82) is 0 Å². The molecule has 0 saturated heterocycles. The van der Waals surface area contributed by atoms with Crippen molar-refractivity contribution < 1.29 is 42.6 Å². The lowest BCUT2D eigenvalue weighted by molar-refractivity contribution is -0.386. The van der Waals surface area contributed by atoms with Gasteiger partial charge in [0.15, 0.2) is 5.75 Å². The quantitative estimate of drug-likeness (QED) is 0.366. The monoisotopic (exact) mass is 465 g/mol. The summed E-state index contributed by atoms with van der Waals surface area (Å²) in [7, 11) is 0. The van der Waals surface area contributed by atoms with E-state index in [0.29, 0.717) is 17.2 Å². The Morgan fingerprint density at radius 3 is 2.06 bits per heavy atom. The number of hydrogen-bond acceptors (Lipinski definition) is 6. The molecule has 0 aromatic heterocycles. The van der Waals surface area contributed by atoms with Crippen molar-refractivity contribution in [3.05, 3.63) is 93.5 Å². The number of ether oxygens (including phenoxy) is 2. The molecule has 0 aliphatic carbocycles. The first-order valence-electron chi connectivity index (χ1n) is 9.21. The van der Waals surface area contributed by atoms with Gasteiger partial charge in [-0.1, -0.05) is 48.5 Å². The summed E-state index contributed by atoms with van der Waals surface area (Å²) in [4.78, 5) is 20.3. The van der Waals surface area contributed by atoms with Crippen molar-refractivity contribution in [1.82, 2.24) is 0 Å². The Morgan fingerprint density at radius 1 is 1.06 bits per heavy atom. The minimum atomic E-state index is -5.04. The van der Waals surface area contributed by atoms with E-state index >= 15 is 0 Å². The minimum Gasteiger partial charge on any atom is -0.504 e. The minimum absolute atomic E-state index is 0.103. The molecule has 8 nitrogen and oxygen atoms in total. The van der Waals surface area contributed by atoms with Crippen molar-refractivity contribution in [2.24, 2.45) is 0 Å². The molecule has 0 amide bonds. The second-order valence-corrected chi connectivity index (χ2v) is 6.45. The highest BCUT2D eigenvalue weighted by molar-refractivity contribution is 5.87. The van der Waals surface area contributed by atoms with E-state index in [1.807, 2.05) is 0 Å². The Kier molecular flexibility index (Phi) is 8.21. The molecule has 0 saturated carbocycles. The summed E-state index contributed by atoms with van der Waals surface area (Å²) in [5, 5.41) is 29.5. The Morgan fingerprint density at radius 2 is 1.61 bits per heavy atom. The fourth-order valence-electron chi connectivity index (χ4n) is 2.53. The second-order valence-electron chi connectivity index (χ2n) is 6.45. The molecule has 0 spiro atoms. The predicted molar refractivity (Wildman–Crippen MR) is 110 cm³/mol. The number of rotatable bonds is 6. The molecule has 0 radical (unpaired) electrons. The first-order valence-corrected chi connectivity index (χ1v) is 9.21. The van der Waals surface area contributed by atoms with E-state index in [0.717, 1.165) is 6.92 Å². The van der Waals surface area contributed by atoms with Crippen LogP contribution in [0, 0.1) is 17.0 Å². The van der Waals surface area contributed by atoms with Crippen LogP contribution in [0.5, 0.6) is 17.2 Å². The normalized spacial score (nSPS) is 10.5. The van der Waals surface area contributed by atoms with E-state index < -0.39 is 40.2 Å². The van der Waals surface area contributed by atoms with E-state index in [1.54, 1.807) is 60.7 Å². The van der Waals surface area contributed by atoms with Crippen LogP contribution in [0.25, 0.3) is 0 Å². The zero-order valence-corrected chi connectivity index (χ0v) is 17.1. The summed E-state index contributed by atoms with van der Waals surface area (Å²) >= 11 is 0. The zero-order valence-electron chi connectivity index (χ0n) is 17.1. The molecule has 0 aliphatic heterocycles. The highest BCUT2D eigenvalue weighted by Crippen LogP contribution is 2.45. The van der Waals surface area contributed by atoms with Gasteiger partial charge < -0.3 is 19.7 Å². The van der Waals surface area contributed by atoms with Crippen LogP contribution in [-0.4, -0.2) is 27.5 Å². The van der Waals surface area contributed by atoms with Crippen LogP contribution in [0.15, 0.2) is 66.7 Å². The topological polar surface area (TPSA) is 119 Å². The van der Waals surface area contributed by atoms with Crippen molar-refractivity contribution in [2.45, 2.75) is 19.9 Å². The first-order chi connectivity index (χ1) is 15.5. The molecule has 174 valence electrons. The maximum absolute atomic E-state index is 12.4. The van der Waals surface area contributed by atoms with Crippen LogP contribution >= 0.6 is 0 Å². The molecular weight excluding hydrogens is 447 g/mol. The Bertz CT molecular complexity index is 1100. The van der Waals surface area contributed by atoms with Gasteiger partial charge in [-0.05, 0) is 24.6 Å². The SMILES string of the molecule is Cc1c(OC(F)(F)F)cc([N+](=O)[O-])c(OCc2ccccc2)c1O.O=C(O)c1ccccc1. The zero-order chi connectivity index (χ0) is 24.6. The largest absolute Gasteiger partial charge is 0.573 e. The van der Waals surface area contributed by atoms with E-state index in [-0.39, 0.29) is 12.2 Å². The lowest BCUT2D eigenvalue weighted by Crippen LogP contribution is -2.18. The smallest absolute Gasteiger partial charge is 0.504 e. The maximum Gasteiger partial charge on any atom is 0.573 e. The molecule has 3 aromatic carbocycles. The molecule has 33 heavy (non-hydrogen) atoms. The number of hydrogen-bond donors (Lipinski definition) is 2. The van der Waals surface area contributed by atoms with E-state index in [9.17, 15) is 33.2 Å². The van der Waals surface area contributed by atoms with Gasteiger partial charge in [-0.2, -0.15) is 0 Å². The van der Waals surface area contributed by atoms with Gasteiger partial charge in [-0.3, -0.25) is 10.1 Å². The Hall–Kier alpha value is -4.28. The third-order valence-corrected chi connectivity index (χ3v) is 4.11. The van der Waals surface area contributed by atoms with Crippen LogP contribution in [0.4, 0.5) is 18.9 Å². The molecule has 2 N–H and O–H groups in total. The third kappa shape index (κ3) is 7.42. The molecule has 3 aromatic rings. The van der Waals surface area contributed by atoms with E-state index in [4.69, 9.17) is 9.84 Å². The number of benzene rings is 3. The van der Waals surface area contributed by atoms with Gasteiger partial charge in [-0.25, -0.2) is 4.79 Å². The van der Waals surface area contributed by atoms with E-state index in [2.05, 4.69) is 4.74 Å². The summed E-state index contributed by atoms with van der Waals surface area (Å²) in [6.07, 6.45) is -5.04. The third-order valence-electron chi connectivity index (χ3n) is 4.11. The highest BCUT2D eigenvalue weighted by Gasteiger charge is 2.35. The summed E-state index contributed by atoms with van der Waals surface area (Å²) in [5.74, 6) is -3.04. The van der Waals surface area contributed by atoms with Crippen LogP contribution in [0.2, 0.25) is 0 Å². The number of phenols is 1. The van der Waals surface area contributed by atoms with Crippen molar-refractivity contribution >= 4 is 11.7 Å². The van der Waals surface area contributed by atoms with Crippen molar-refractivity contribution in [2.75, 3.05) is 0 Å². The summed E-state index contributed by atoms with van der Waals surface area (Å²) in [6.45, 7) is 1.03. The molecule has 0 unspecified atom stereocenters. The van der Waals surface area contributed by atoms with Gasteiger partial charge in [0.05, 0.1) is 16.6 Å². The second kappa shape index (κ2) is 10.8. The number of phenolic OH excluding ortho intramolecular Hbond substituents is 1. The average Bonchev–Trinajstić information content (AvgIpc) is 2.77. The Labute approximate surface area is 185 Å². The average molecular weight is 465 g/mol. The van der Waals surface area contributed by atoms with Crippen LogP contribution in [0.3, 0.4) is 0 Å².